The fraction of sp³-hybridized carbons (Fsp3) is 0.405. The van der Waals surface area contributed by atoms with Crippen molar-refractivity contribution in [1.29, 1.82) is 0 Å². The number of nitrogens with one attached hydrogen (secondary N) is 1. The van der Waals surface area contributed by atoms with Crippen LogP contribution in [-0.2, 0) is 11.8 Å². The van der Waals surface area contributed by atoms with Gasteiger partial charge in [0.15, 0.2) is 5.82 Å². The number of β-lactam (4-membered cyclic amide) rings is 1. The SMILES string of the molecule is C#Cc1c(F)ccc2cc(O)cc(-c3c(F)c4nc(OC[C@@]56CCCN5C[C@H](F)C6)nc(N5CCCC6(CC(=O)N6)C5)c4c4cn(C)nc34)c12. The second kappa shape index (κ2) is 11.0. The van der Waals surface area contributed by atoms with Gasteiger partial charge in [-0.2, -0.15) is 15.1 Å². The number of nitrogens with zero attached hydrogens (tertiary/aromatic N) is 6. The van der Waals surface area contributed by atoms with Crippen LogP contribution in [0.4, 0.5) is 19.0 Å². The molecule has 0 radical (unpaired) electrons. The minimum absolute atomic E-state index is 0.00954. The van der Waals surface area contributed by atoms with Crippen molar-refractivity contribution in [2.45, 2.75) is 55.8 Å². The number of piperidine rings is 1. The number of anilines is 1. The highest BCUT2D eigenvalue weighted by Crippen LogP contribution is 2.46. The van der Waals surface area contributed by atoms with Gasteiger partial charge < -0.3 is 20.1 Å². The molecule has 1 amide bonds. The lowest BCUT2D eigenvalue weighted by atomic mass is 9.79. The Morgan fingerprint density at radius 3 is 2.76 bits per heavy atom. The van der Waals surface area contributed by atoms with Crippen molar-refractivity contribution in [2.75, 3.05) is 37.7 Å². The number of ether oxygens (including phenoxy) is 1. The summed E-state index contributed by atoms with van der Waals surface area (Å²) >= 11 is 0. The number of halogens is 3. The fourth-order valence-corrected chi connectivity index (χ4v) is 9.01. The highest BCUT2D eigenvalue weighted by Gasteiger charge is 2.50. The van der Waals surface area contributed by atoms with Crippen LogP contribution in [0.1, 0.15) is 44.1 Å². The van der Waals surface area contributed by atoms with E-state index in [0.29, 0.717) is 54.5 Å². The van der Waals surface area contributed by atoms with Crippen molar-refractivity contribution in [3.05, 3.63) is 47.7 Å². The Morgan fingerprint density at radius 2 is 1.96 bits per heavy atom. The van der Waals surface area contributed by atoms with Gasteiger partial charge >= 0.3 is 6.01 Å². The summed E-state index contributed by atoms with van der Waals surface area (Å²) in [5.74, 6) is 1.23. The zero-order chi connectivity index (χ0) is 34.5. The molecule has 0 saturated carbocycles. The Hall–Kier alpha value is -5.09. The summed E-state index contributed by atoms with van der Waals surface area (Å²) in [6.45, 7) is 2.33. The van der Waals surface area contributed by atoms with Crippen LogP contribution in [-0.4, -0.2) is 85.7 Å². The van der Waals surface area contributed by atoms with E-state index in [4.69, 9.17) is 16.1 Å². The summed E-state index contributed by atoms with van der Waals surface area (Å²) < 4.78 is 55.2. The molecule has 4 aliphatic rings. The van der Waals surface area contributed by atoms with Gasteiger partial charge in [-0.15, -0.1) is 6.42 Å². The molecule has 0 aliphatic carbocycles. The Morgan fingerprint density at radius 1 is 1.14 bits per heavy atom. The number of amides is 1. The van der Waals surface area contributed by atoms with E-state index >= 15 is 8.78 Å². The first kappa shape index (κ1) is 30.9. The number of hydrogen-bond acceptors (Lipinski definition) is 8. The summed E-state index contributed by atoms with van der Waals surface area (Å²) in [7, 11) is 1.71. The molecule has 50 heavy (non-hydrogen) atoms. The predicted octanol–water partition coefficient (Wildman–Crippen LogP) is 5.12. The van der Waals surface area contributed by atoms with E-state index in [9.17, 15) is 14.3 Å². The normalized spacial score (nSPS) is 25.0. The third-order valence-electron chi connectivity index (χ3n) is 11.1. The summed E-state index contributed by atoms with van der Waals surface area (Å²) in [5, 5.41) is 20.2. The zero-order valence-corrected chi connectivity index (χ0v) is 27.4. The number of alkyl halides is 1. The number of aromatic nitrogens is 4. The molecule has 2 N–H and O–H groups in total. The lowest BCUT2D eigenvalue weighted by Gasteiger charge is -2.49. The Bertz CT molecular complexity index is 2310. The van der Waals surface area contributed by atoms with Crippen LogP contribution in [0.5, 0.6) is 11.8 Å². The van der Waals surface area contributed by atoms with Crippen LogP contribution in [0.15, 0.2) is 30.5 Å². The van der Waals surface area contributed by atoms with Crippen LogP contribution >= 0.6 is 0 Å². The number of hydrogen-bond donors (Lipinski definition) is 2. The molecule has 4 fully saturated rings. The highest BCUT2D eigenvalue weighted by molar-refractivity contribution is 6.18. The van der Waals surface area contributed by atoms with Crippen molar-refractivity contribution in [2.24, 2.45) is 7.05 Å². The molecule has 4 aliphatic heterocycles. The van der Waals surface area contributed by atoms with E-state index in [1.807, 2.05) is 4.90 Å². The largest absolute Gasteiger partial charge is 0.508 e. The number of phenols is 1. The first-order valence-corrected chi connectivity index (χ1v) is 16.9. The monoisotopic (exact) mass is 681 g/mol. The molecule has 2 aromatic heterocycles. The maximum Gasteiger partial charge on any atom is 0.319 e. The fourth-order valence-electron chi connectivity index (χ4n) is 9.01. The van der Waals surface area contributed by atoms with Gasteiger partial charge in [-0.3, -0.25) is 14.4 Å². The number of terminal acetylenes is 1. The average Bonchev–Trinajstić information content (AvgIpc) is 3.74. The minimum Gasteiger partial charge on any atom is -0.508 e. The van der Waals surface area contributed by atoms with Crippen molar-refractivity contribution < 1.29 is 27.8 Å². The number of carbonyl (C=O) groups is 1. The lowest BCUT2D eigenvalue weighted by Crippen LogP contribution is -2.68. The third-order valence-corrected chi connectivity index (χ3v) is 11.1. The van der Waals surface area contributed by atoms with Crippen LogP contribution in [0, 0.1) is 24.0 Å². The smallest absolute Gasteiger partial charge is 0.319 e. The summed E-state index contributed by atoms with van der Waals surface area (Å²) in [6, 6.07) is 5.44. The van der Waals surface area contributed by atoms with Crippen molar-refractivity contribution >= 4 is 44.3 Å². The maximum atomic E-state index is 17.5. The number of aromatic hydroxyl groups is 1. The molecule has 6 heterocycles. The third kappa shape index (κ3) is 4.61. The van der Waals surface area contributed by atoms with Crippen molar-refractivity contribution in [1.82, 2.24) is 30.0 Å². The molecule has 1 spiro atoms. The van der Waals surface area contributed by atoms with Gasteiger partial charge in [0, 0.05) is 55.6 Å². The molecular weight excluding hydrogens is 647 g/mol. The Balaban J connectivity index is 1.29. The number of rotatable bonds is 5. The number of aryl methyl sites for hydroxylation is 1. The van der Waals surface area contributed by atoms with E-state index in [1.54, 1.807) is 17.9 Å². The van der Waals surface area contributed by atoms with Crippen LogP contribution < -0.4 is 15.0 Å². The average molecular weight is 682 g/mol. The highest BCUT2D eigenvalue weighted by atomic mass is 19.1. The van der Waals surface area contributed by atoms with Gasteiger partial charge in [-0.25, -0.2) is 13.2 Å². The van der Waals surface area contributed by atoms with E-state index in [1.165, 1.54) is 24.3 Å². The predicted molar refractivity (Wildman–Crippen MR) is 182 cm³/mol. The van der Waals surface area contributed by atoms with Crippen molar-refractivity contribution in [3.63, 3.8) is 0 Å². The number of phenolic OH excluding ortho intramolecular Hbond substituents is 1. The van der Waals surface area contributed by atoms with Gasteiger partial charge in [0.2, 0.25) is 5.91 Å². The van der Waals surface area contributed by atoms with E-state index in [2.05, 4.69) is 26.2 Å². The summed E-state index contributed by atoms with van der Waals surface area (Å²) in [5.41, 5.74) is -0.631. The second-order valence-electron chi connectivity index (χ2n) is 14.4. The molecule has 5 aromatic rings. The molecule has 13 heteroatoms. The van der Waals surface area contributed by atoms with Crippen LogP contribution in [0.2, 0.25) is 0 Å². The minimum atomic E-state index is -0.956. The van der Waals surface area contributed by atoms with Gasteiger partial charge in [0.1, 0.15) is 41.2 Å². The molecule has 256 valence electrons. The first-order valence-electron chi connectivity index (χ1n) is 16.9. The molecule has 0 bridgehead atoms. The van der Waals surface area contributed by atoms with Crippen LogP contribution in [0.3, 0.4) is 0 Å². The molecule has 1 unspecified atom stereocenters. The van der Waals surface area contributed by atoms with E-state index in [-0.39, 0.29) is 57.4 Å². The molecule has 9 rings (SSSR count). The molecule has 4 saturated heterocycles. The second-order valence-corrected chi connectivity index (χ2v) is 14.4. The first-order chi connectivity index (χ1) is 24.1. The summed E-state index contributed by atoms with van der Waals surface area (Å²) in [6.07, 6.45) is 10.6. The quantitative estimate of drug-likeness (QED) is 0.195. The van der Waals surface area contributed by atoms with Gasteiger partial charge in [-0.1, -0.05) is 12.0 Å². The zero-order valence-electron chi connectivity index (χ0n) is 27.4. The number of benzene rings is 3. The number of fused-ring (bicyclic) bond motifs is 5. The van der Waals surface area contributed by atoms with Crippen molar-refractivity contribution in [3.8, 4) is 35.2 Å². The van der Waals surface area contributed by atoms with Gasteiger partial charge in [0.05, 0.1) is 28.4 Å². The Kier molecular flexibility index (Phi) is 6.78. The molecule has 3 aromatic carbocycles. The molecule has 10 nitrogen and oxygen atoms in total. The Labute approximate surface area is 285 Å². The van der Waals surface area contributed by atoms with E-state index < -0.39 is 28.9 Å². The van der Waals surface area contributed by atoms with E-state index in [0.717, 1.165) is 32.2 Å². The van der Waals surface area contributed by atoms with Gasteiger partial charge in [-0.05, 0) is 61.4 Å². The molecular formula is C37H34F3N7O3. The lowest BCUT2D eigenvalue weighted by molar-refractivity contribution is -0.133. The van der Waals surface area contributed by atoms with Gasteiger partial charge in [0.25, 0.3) is 0 Å². The maximum absolute atomic E-state index is 17.5. The van der Waals surface area contributed by atoms with Crippen LogP contribution in [0.25, 0.3) is 43.7 Å². The standard InChI is InChI=1S/C37H34F3N7O3/c1-3-23-26(39)7-6-20-12-22(48)13-24(28(20)23)29-31(40)33-30(25-17-45(2)44-32(25)29)34(46-10-4-8-36(18-46)15-27(49)43-36)42-35(41-33)50-19-37-9-5-11-47(37)16-21(38)14-37/h1,6-7,12-13,17,21,48H,4-5,8-11,14-16,18-19H2,2H3,(H,43,49)/t21-,36?,37+/m1/s1. The summed E-state index contributed by atoms with van der Waals surface area (Å²) in [4.78, 5) is 25.8. The topological polar surface area (TPSA) is 109 Å². The molecule has 3 atom stereocenters. The number of carbonyl (C=O) groups excluding carboxylic acids is 1.